The molecule has 0 radical (unpaired) electrons. The number of aliphatic imine (C=N–C) groups is 1. The van der Waals surface area contributed by atoms with Gasteiger partial charge in [-0.3, -0.25) is 4.90 Å². The van der Waals surface area contributed by atoms with E-state index in [1.54, 1.807) is 30.2 Å². The molecule has 2 unspecified atom stereocenters. The maximum Gasteiger partial charge on any atom is 0.347 e. The van der Waals surface area contributed by atoms with E-state index >= 15 is 0 Å². The standard InChI is InChI=1S/C24H28N4O3/c1-31-19-11-7-10-18(16-19)25-23(29)27-22-20-12-5-6-13-21(20)26-24(30)28(22)15-14-17-8-3-2-4-9-17/h2-4,7-11,16,20-21H,5-6,12-15H2,1H3,(H,25,29)(H,26,30)/b27-22+. The monoisotopic (exact) mass is 420 g/mol. The second-order valence-corrected chi connectivity index (χ2v) is 7.97. The molecule has 0 bridgehead atoms. The highest BCUT2D eigenvalue weighted by molar-refractivity contribution is 6.08. The number of methoxy groups -OCH3 is 1. The number of anilines is 1. The van der Waals surface area contributed by atoms with Crippen molar-refractivity contribution >= 4 is 23.6 Å². The predicted octanol–water partition coefficient (Wildman–Crippen LogP) is 4.45. The van der Waals surface area contributed by atoms with Gasteiger partial charge in [0, 0.05) is 30.3 Å². The van der Waals surface area contributed by atoms with Crippen LogP contribution in [0, 0.1) is 5.92 Å². The summed E-state index contributed by atoms with van der Waals surface area (Å²) < 4.78 is 5.21. The molecule has 2 atom stereocenters. The Morgan fingerprint density at radius 3 is 2.77 bits per heavy atom. The molecule has 2 N–H and O–H groups in total. The van der Waals surface area contributed by atoms with Gasteiger partial charge < -0.3 is 15.4 Å². The fourth-order valence-electron chi connectivity index (χ4n) is 4.35. The van der Waals surface area contributed by atoms with Crippen LogP contribution in [0.1, 0.15) is 31.2 Å². The second kappa shape index (κ2) is 9.64. The number of benzene rings is 2. The molecule has 1 saturated heterocycles. The van der Waals surface area contributed by atoms with Gasteiger partial charge in [-0.1, -0.05) is 49.2 Å². The zero-order valence-corrected chi connectivity index (χ0v) is 17.7. The molecule has 7 heteroatoms. The minimum Gasteiger partial charge on any atom is -0.497 e. The van der Waals surface area contributed by atoms with E-state index in [2.05, 4.69) is 15.6 Å². The fraction of sp³-hybridized carbons (Fsp3) is 0.375. The Morgan fingerprint density at radius 2 is 1.97 bits per heavy atom. The molecule has 2 fully saturated rings. The van der Waals surface area contributed by atoms with Gasteiger partial charge in [0.25, 0.3) is 0 Å². The van der Waals surface area contributed by atoms with Crippen LogP contribution >= 0.6 is 0 Å². The lowest BCUT2D eigenvalue weighted by molar-refractivity contribution is 0.190. The van der Waals surface area contributed by atoms with E-state index in [0.29, 0.717) is 30.2 Å². The molecule has 0 aromatic heterocycles. The Morgan fingerprint density at radius 1 is 1.16 bits per heavy atom. The largest absolute Gasteiger partial charge is 0.497 e. The molecule has 1 saturated carbocycles. The number of amidine groups is 1. The quantitative estimate of drug-likeness (QED) is 0.750. The lowest BCUT2D eigenvalue weighted by Gasteiger charge is -2.42. The van der Waals surface area contributed by atoms with Crippen molar-refractivity contribution in [3.63, 3.8) is 0 Å². The Hall–Kier alpha value is -3.35. The average molecular weight is 421 g/mol. The third-order valence-electron chi connectivity index (χ3n) is 5.93. The summed E-state index contributed by atoms with van der Waals surface area (Å²) in [6, 6.07) is 16.5. The molecule has 4 rings (SSSR count). The highest BCUT2D eigenvalue weighted by atomic mass is 16.5. The number of urea groups is 2. The number of hydrogen-bond donors (Lipinski definition) is 2. The molecular formula is C24H28N4O3. The average Bonchev–Trinajstić information content (AvgIpc) is 2.79. The number of carbonyl (C=O) groups is 2. The molecule has 2 aliphatic rings. The highest BCUT2D eigenvalue weighted by Crippen LogP contribution is 2.30. The zero-order valence-electron chi connectivity index (χ0n) is 17.7. The van der Waals surface area contributed by atoms with E-state index in [9.17, 15) is 9.59 Å². The molecular weight excluding hydrogens is 392 g/mol. The van der Waals surface area contributed by atoms with Crippen molar-refractivity contribution in [1.82, 2.24) is 10.2 Å². The van der Waals surface area contributed by atoms with E-state index < -0.39 is 6.03 Å². The molecule has 162 valence electrons. The number of fused-ring (bicyclic) bond motifs is 1. The minimum absolute atomic E-state index is 0.0394. The van der Waals surface area contributed by atoms with Crippen molar-refractivity contribution in [3.05, 3.63) is 60.2 Å². The number of hydrogen-bond acceptors (Lipinski definition) is 3. The smallest absolute Gasteiger partial charge is 0.347 e. The number of nitrogens with zero attached hydrogens (tertiary/aromatic N) is 2. The van der Waals surface area contributed by atoms with Gasteiger partial charge in [-0.2, -0.15) is 4.99 Å². The lowest BCUT2D eigenvalue weighted by Crippen LogP contribution is -2.61. The van der Waals surface area contributed by atoms with Crippen molar-refractivity contribution in [2.45, 2.75) is 38.1 Å². The summed E-state index contributed by atoms with van der Waals surface area (Å²) >= 11 is 0. The van der Waals surface area contributed by atoms with Gasteiger partial charge in [0.15, 0.2) is 0 Å². The van der Waals surface area contributed by atoms with Crippen molar-refractivity contribution in [1.29, 1.82) is 0 Å². The molecule has 7 nitrogen and oxygen atoms in total. The van der Waals surface area contributed by atoms with Crippen LogP contribution < -0.4 is 15.4 Å². The first-order valence-electron chi connectivity index (χ1n) is 10.8. The lowest BCUT2D eigenvalue weighted by atomic mass is 9.82. The van der Waals surface area contributed by atoms with Crippen molar-refractivity contribution in [2.24, 2.45) is 10.9 Å². The first-order valence-corrected chi connectivity index (χ1v) is 10.8. The first kappa shape index (κ1) is 20.9. The minimum atomic E-state index is -0.480. The normalized spacial score (nSPS) is 21.9. The Kier molecular flexibility index (Phi) is 6.50. The van der Waals surface area contributed by atoms with Gasteiger partial charge in [0.05, 0.1) is 7.11 Å². The van der Waals surface area contributed by atoms with Gasteiger partial charge in [-0.25, -0.2) is 9.59 Å². The predicted molar refractivity (Wildman–Crippen MR) is 121 cm³/mol. The molecule has 1 heterocycles. The molecule has 1 aliphatic carbocycles. The van der Waals surface area contributed by atoms with E-state index in [-0.39, 0.29) is 18.0 Å². The summed E-state index contributed by atoms with van der Waals surface area (Å²) in [5.74, 6) is 1.28. The summed E-state index contributed by atoms with van der Waals surface area (Å²) in [6.07, 6.45) is 4.68. The molecule has 2 aromatic carbocycles. The van der Waals surface area contributed by atoms with Gasteiger partial charge >= 0.3 is 12.1 Å². The van der Waals surface area contributed by atoms with Crippen LogP contribution in [0.4, 0.5) is 15.3 Å². The zero-order chi connectivity index (χ0) is 21.6. The van der Waals surface area contributed by atoms with Crippen LogP contribution in [-0.4, -0.2) is 42.5 Å². The second-order valence-electron chi connectivity index (χ2n) is 7.97. The number of rotatable bonds is 5. The van der Waals surface area contributed by atoms with Crippen molar-refractivity contribution in [2.75, 3.05) is 19.0 Å². The Balaban J connectivity index is 1.56. The molecule has 0 spiro atoms. The van der Waals surface area contributed by atoms with Gasteiger partial charge in [-0.05, 0) is 37.0 Å². The van der Waals surface area contributed by atoms with Crippen LogP contribution in [-0.2, 0) is 6.42 Å². The van der Waals surface area contributed by atoms with Gasteiger partial charge in [0.2, 0.25) is 0 Å². The fourth-order valence-corrected chi connectivity index (χ4v) is 4.35. The van der Waals surface area contributed by atoms with Crippen LogP contribution in [0.15, 0.2) is 59.6 Å². The summed E-state index contributed by atoms with van der Waals surface area (Å²) in [7, 11) is 1.58. The maximum atomic E-state index is 12.9. The SMILES string of the molecule is COc1cccc(NC(=O)/N=C2\C3CCCCC3NC(=O)N2CCc2ccccc2)c1. The summed E-state index contributed by atoms with van der Waals surface area (Å²) in [5.41, 5.74) is 1.74. The van der Waals surface area contributed by atoms with E-state index in [1.165, 1.54) is 0 Å². The Bertz CT molecular complexity index is 960. The first-order chi connectivity index (χ1) is 15.1. The van der Waals surface area contributed by atoms with Crippen LogP contribution in [0.2, 0.25) is 0 Å². The van der Waals surface area contributed by atoms with E-state index in [4.69, 9.17) is 4.74 Å². The number of carbonyl (C=O) groups excluding carboxylic acids is 2. The molecule has 1 aliphatic heterocycles. The van der Waals surface area contributed by atoms with Gasteiger partial charge in [-0.15, -0.1) is 0 Å². The third kappa shape index (κ3) is 5.05. The topological polar surface area (TPSA) is 83.0 Å². The van der Waals surface area contributed by atoms with Crippen LogP contribution in [0.25, 0.3) is 0 Å². The third-order valence-corrected chi connectivity index (χ3v) is 5.93. The van der Waals surface area contributed by atoms with Crippen LogP contribution in [0.5, 0.6) is 5.75 Å². The summed E-state index contributed by atoms with van der Waals surface area (Å²) in [5, 5.41) is 5.93. The van der Waals surface area contributed by atoms with E-state index in [0.717, 1.165) is 31.2 Å². The Labute approximate surface area is 182 Å². The highest BCUT2D eigenvalue weighted by Gasteiger charge is 2.40. The summed E-state index contributed by atoms with van der Waals surface area (Å²) in [6.45, 7) is 0.477. The maximum absolute atomic E-state index is 12.9. The van der Waals surface area contributed by atoms with Crippen molar-refractivity contribution < 1.29 is 14.3 Å². The van der Waals surface area contributed by atoms with Gasteiger partial charge in [0.1, 0.15) is 11.6 Å². The number of nitrogens with one attached hydrogen (secondary N) is 2. The van der Waals surface area contributed by atoms with Crippen LogP contribution in [0.3, 0.4) is 0 Å². The summed E-state index contributed by atoms with van der Waals surface area (Å²) in [4.78, 5) is 31.7. The molecule has 2 aromatic rings. The molecule has 4 amide bonds. The number of amides is 4. The number of ether oxygens (including phenoxy) is 1. The van der Waals surface area contributed by atoms with Crippen molar-refractivity contribution in [3.8, 4) is 5.75 Å². The molecule has 31 heavy (non-hydrogen) atoms. The van der Waals surface area contributed by atoms with E-state index in [1.807, 2.05) is 36.4 Å².